The molecule has 11 nitrogen and oxygen atoms in total. The molecule has 0 amide bonds. The Hall–Kier alpha value is -3.12. The Morgan fingerprint density at radius 1 is 1.18 bits per heavy atom. The van der Waals surface area contributed by atoms with Gasteiger partial charge in [-0.25, -0.2) is 18.3 Å². The van der Waals surface area contributed by atoms with Gasteiger partial charge in [-0.05, 0) is 25.5 Å². The van der Waals surface area contributed by atoms with Crippen molar-refractivity contribution < 1.29 is 41.7 Å². The average molecular weight is 485 g/mol. The topological polar surface area (TPSA) is 143 Å². The Morgan fingerprint density at radius 3 is 2.45 bits per heavy atom. The minimum atomic E-state index is -3.62. The van der Waals surface area contributed by atoms with Crippen molar-refractivity contribution in [1.82, 2.24) is 10.2 Å². The fourth-order valence-corrected chi connectivity index (χ4v) is 3.92. The number of benzene rings is 1. The van der Waals surface area contributed by atoms with E-state index >= 15 is 0 Å². The summed E-state index contributed by atoms with van der Waals surface area (Å²) in [6.45, 7) is 5.19. The third-order valence-electron chi connectivity index (χ3n) is 4.63. The number of nitrogens with one attached hydrogen (secondary N) is 1. The van der Waals surface area contributed by atoms with Crippen LogP contribution < -0.4 is 9.47 Å². The Labute approximate surface area is 192 Å². The van der Waals surface area contributed by atoms with E-state index in [1.54, 1.807) is 6.92 Å². The van der Waals surface area contributed by atoms with Gasteiger partial charge in [0.15, 0.2) is 9.84 Å². The van der Waals surface area contributed by atoms with E-state index in [4.69, 9.17) is 18.9 Å². The molecule has 2 aromatic rings. The molecule has 0 saturated heterocycles. The molecule has 2 rings (SSSR count). The molecule has 0 aliphatic heterocycles. The van der Waals surface area contributed by atoms with Crippen LogP contribution in [0, 0.1) is 6.92 Å². The Morgan fingerprint density at radius 2 is 1.88 bits per heavy atom. The summed E-state index contributed by atoms with van der Waals surface area (Å²) in [5.74, 6) is -0.386. The molecule has 1 N–H and O–H groups in total. The second-order valence-corrected chi connectivity index (χ2v) is 8.98. The second-order valence-electron chi connectivity index (χ2n) is 6.99. The van der Waals surface area contributed by atoms with Gasteiger partial charge in [-0.3, -0.25) is 4.79 Å². The number of H-pyrrole nitrogens is 1. The van der Waals surface area contributed by atoms with Crippen LogP contribution in [0.25, 0.3) is 0 Å². The third kappa shape index (κ3) is 6.23. The molecular formula is C21H28N2O9S. The van der Waals surface area contributed by atoms with Crippen LogP contribution in [0.4, 0.5) is 4.79 Å². The number of nitrogens with zero attached hydrogens (tertiary/aromatic N) is 1. The van der Waals surface area contributed by atoms with Crippen molar-refractivity contribution in [3.63, 3.8) is 0 Å². The molecule has 182 valence electrons. The summed E-state index contributed by atoms with van der Waals surface area (Å²) in [6, 6.07) is 2.74. The van der Waals surface area contributed by atoms with E-state index in [2.05, 4.69) is 14.9 Å². The Bertz CT molecular complexity index is 1110. The van der Waals surface area contributed by atoms with Gasteiger partial charge >= 0.3 is 6.16 Å². The van der Waals surface area contributed by atoms with Gasteiger partial charge in [0, 0.05) is 31.4 Å². The number of rotatable bonds is 11. The summed E-state index contributed by atoms with van der Waals surface area (Å²) in [6.07, 6.45) is -0.552. The number of hydrogen-bond acceptors (Lipinski definition) is 10. The normalized spacial score (nSPS) is 12.2. The highest BCUT2D eigenvalue weighted by Crippen LogP contribution is 2.33. The molecule has 0 spiro atoms. The van der Waals surface area contributed by atoms with Gasteiger partial charge in [0.05, 0.1) is 19.4 Å². The van der Waals surface area contributed by atoms with Gasteiger partial charge in [-0.1, -0.05) is 6.92 Å². The zero-order chi connectivity index (χ0) is 24.8. The van der Waals surface area contributed by atoms with E-state index in [-0.39, 0.29) is 40.9 Å². The maximum atomic E-state index is 13.5. The van der Waals surface area contributed by atoms with Gasteiger partial charge in [0.1, 0.15) is 22.8 Å². The van der Waals surface area contributed by atoms with Crippen molar-refractivity contribution >= 4 is 21.8 Å². The maximum Gasteiger partial charge on any atom is 0.511 e. The number of hydrogen-bond donors (Lipinski definition) is 1. The molecule has 1 aromatic heterocycles. The Kier molecular flexibility index (Phi) is 8.83. The smallest absolute Gasteiger partial charge is 0.490 e. The number of aromatic nitrogens is 2. The molecule has 0 fully saturated rings. The molecule has 33 heavy (non-hydrogen) atoms. The standard InChI is InChI=1S/C21H28N2O9S/c1-7-15-17(20(23-22-15)31-13(3)32-21(25)29-5)18(24)14-8-9-16(33(6,26)27)19(12(14)2)30-11-10-28-4/h8-9,13H,7,10-11H2,1-6H3,(H,22,23). The van der Waals surface area contributed by atoms with E-state index in [9.17, 15) is 18.0 Å². The summed E-state index contributed by atoms with van der Waals surface area (Å²) in [5, 5.41) is 6.76. The van der Waals surface area contributed by atoms with Crippen molar-refractivity contribution in [1.29, 1.82) is 0 Å². The molecule has 0 radical (unpaired) electrons. The molecule has 1 heterocycles. The highest BCUT2D eigenvalue weighted by molar-refractivity contribution is 7.90. The number of methoxy groups -OCH3 is 2. The molecule has 1 aromatic carbocycles. The maximum absolute atomic E-state index is 13.5. The van der Waals surface area contributed by atoms with Crippen LogP contribution in [-0.4, -0.2) is 70.5 Å². The quantitative estimate of drug-likeness (QED) is 0.219. The molecule has 0 saturated carbocycles. The molecule has 0 bridgehead atoms. The summed E-state index contributed by atoms with van der Waals surface area (Å²) in [5.41, 5.74) is 1.11. The number of carbonyl (C=O) groups excluding carboxylic acids is 2. The van der Waals surface area contributed by atoms with Crippen LogP contribution in [0.1, 0.15) is 41.0 Å². The van der Waals surface area contributed by atoms with Crippen molar-refractivity contribution in [2.24, 2.45) is 0 Å². The van der Waals surface area contributed by atoms with Gasteiger partial charge in [0.2, 0.25) is 18.0 Å². The fourth-order valence-electron chi connectivity index (χ4n) is 3.06. The Balaban J connectivity index is 2.51. The van der Waals surface area contributed by atoms with E-state index < -0.39 is 28.1 Å². The van der Waals surface area contributed by atoms with Crippen LogP contribution in [0.2, 0.25) is 0 Å². The molecule has 0 aliphatic carbocycles. The molecular weight excluding hydrogens is 456 g/mol. The minimum absolute atomic E-state index is 0.00157. The number of sulfone groups is 1. The summed E-state index contributed by atoms with van der Waals surface area (Å²) in [7, 11) is -0.972. The zero-order valence-corrected chi connectivity index (χ0v) is 20.2. The van der Waals surface area contributed by atoms with Crippen LogP contribution in [-0.2, 0) is 30.5 Å². The highest BCUT2D eigenvalue weighted by atomic mass is 32.2. The monoisotopic (exact) mass is 484 g/mol. The molecule has 1 unspecified atom stereocenters. The SMILES string of the molecule is CCc1n[nH]c(OC(C)OC(=O)OC)c1C(=O)c1ccc(S(C)(=O)=O)c(OCCOC)c1C. The first kappa shape index (κ1) is 26.1. The first-order chi connectivity index (χ1) is 15.5. The summed E-state index contributed by atoms with van der Waals surface area (Å²) in [4.78, 5) is 24.8. The lowest BCUT2D eigenvalue weighted by Crippen LogP contribution is -2.22. The molecule has 1 atom stereocenters. The molecule has 0 aliphatic rings. The van der Waals surface area contributed by atoms with Gasteiger partial charge < -0.3 is 23.7 Å². The van der Waals surface area contributed by atoms with Crippen molar-refractivity contribution in [2.75, 3.05) is 33.7 Å². The average Bonchev–Trinajstić information content (AvgIpc) is 3.15. The van der Waals surface area contributed by atoms with Crippen LogP contribution in [0.15, 0.2) is 17.0 Å². The summed E-state index contributed by atoms with van der Waals surface area (Å²) < 4.78 is 50.0. The number of aromatic amines is 1. The van der Waals surface area contributed by atoms with E-state index in [1.165, 1.54) is 26.2 Å². The van der Waals surface area contributed by atoms with Crippen molar-refractivity contribution in [2.45, 2.75) is 38.4 Å². The van der Waals surface area contributed by atoms with E-state index in [0.717, 1.165) is 13.4 Å². The first-order valence-electron chi connectivity index (χ1n) is 10.0. The second kappa shape index (κ2) is 11.1. The van der Waals surface area contributed by atoms with Gasteiger partial charge in [-0.15, -0.1) is 0 Å². The predicted octanol–water partition coefficient (Wildman–Crippen LogP) is 2.45. The predicted molar refractivity (Wildman–Crippen MR) is 117 cm³/mol. The lowest BCUT2D eigenvalue weighted by Gasteiger charge is -2.17. The number of aryl methyl sites for hydroxylation is 1. The van der Waals surface area contributed by atoms with Crippen molar-refractivity contribution in [3.05, 3.63) is 34.5 Å². The van der Waals surface area contributed by atoms with Crippen LogP contribution in [0.5, 0.6) is 11.6 Å². The van der Waals surface area contributed by atoms with E-state index in [0.29, 0.717) is 17.7 Å². The third-order valence-corrected chi connectivity index (χ3v) is 5.75. The van der Waals surface area contributed by atoms with Gasteiger partial charge in [0.25, 0.3) is 0 Å². The van der Waals surface area contributed by atoms with E-state index in [1.807, 2.05) is 6.92 Å². The highest BCUT2D eigenvalue weighted by Gasteiger charge is 2.28. The lowest BCUT2D eigenvalue weighted by atomic mass is 9.97. The molecule has 12 heteroatoms. The number of ether oxygens (including phenoxy) is 5. The largest absolute Gasteiger partial charge is 0.511 e. The van der Waals surface area contributed by atoms with Crippen LogP contribution >= 0.6 is 0 Å². The first-order valence-corrected chi connectivity index (χ1v) is 11.9. The van der Waals surface area contributed by atoms with Crippen molar-refractivity contribution in [3.8, 4) is 11.6 Å². The zero-order valence-electron chi connectivity index (χ0n) is 19.4. The van der Waals surface area contributed by atoms with Crippen LogP contribution in [0.3, 0.4) is 0 Å². The summed E-state index contributed by atoms with van der Waals surface area (Å²) >= 11 is 0. The number of carbonyl (C=O) groups is 2. The number of ketones is 1. The minimum Gasteiger partial charge on any atom is -0.490 e. The van der Waals surface area contributed by atoms with Gasteiger partial charge in [-0.2, -0.15) is 5.10 Å². The fraction of sp³-hybridized carbons (Fsp3) is 0.476. The lowest BCUT2D eigenvalue weighted by molar-refractivity contribution is -0.0493.